The molecule has 1 amide bonds. The van der Waals surface area contributed by atoms with E-state index < -0.39 is 17.6 Å². The quantitative estimate of drug-likeness (QED) is 0.770. The second-order valence-electron chi connectivity index (χ2n) is 4.81. The molecule has 9 heteroatoms. The first-order valence-corrected chi connectivity index (χ1v) is 7.57. The first-order chi connectivity index (χ1) is 11.4. The third kappa shape index (κ3) is 3.80. The van der Waals surface area contributed by atoms with Crippen LogP contribution < -0.4 is 5.32 Å². The largest absolute Gasteiger partial charge is 0.462 e. The van der Waals surface area contributed by atoms with E-state index in [1.807, 2.05) is 0 Å². The van der Waals surface area contributed by atoms with E-state index in [2.05, 4.69) is 15.5 Å². The predicted octanol–water partition coefficient (Wildman–Crippen LogP) is 4.00. The van der Waals surface area contributed by atoms with Crippen molar-refractivity contribution in [2.75, 3.05) is 5.32 Å². The molecular weight excluding hydrogens is 343 g/mol. The molecule has 0 saturated carbocycles. The molecule has 2 aromatic heterocycles. The molecule has 0 aliphatic heterocycles. The highest BCUT2D eigenvalue weighted by atomic mass is 32.1. The van der Waals surface area contributed by atoms with E-state index in [1.54, 1.807) is 12.1 Å². The molecule has 3 aromatic rings. The smallest absolute Gasteiger partial charge is 0.416 e. The van der Waals surface area contributed by atoms with E-state index in [0.717, 1.165) is 23.5 Å². The molecule has 124 valence electrons. The minimum absolute atomic E-state index is 0.195. The highest BCUT2D eigenvalue weighted by Crippen LogP contribution is 2.30. The number of furan rings is 1. The summed E-state index contributed by atoms with van der Waals surface area (Å²) in [7, 11) is 0. The summed E-state index contributed by atoms with van der Waals surface area (Å²) in [4.78, 5) is 12.0. The molecule has 1 N–H and O–H groups in total. The minimum Gasteiger partial charge on any atom is -0.462 e. The predicted molar refractivity (Wildman–Crippen MR) is 81.4 cm³/mol. The van der Waals surface area contributed by atoms with E-state index in [0.29, 0.717) is 10.8 Å². The van der Waals surface area contributed by atoms with Gasteiger partial charge in [-0.3, -0.25) is 4.79 Å². The van der Waals surface area contributed by atoms with Crippen LogP contribution in [-0.4, -0.2) is 16.1 Å². The Morgan fingerprint density at radius 3 is 2.75 bits per heavy atom. The first kappa shape index (κ1) is 16.2. The van der Waals surface area contributed by atoms with Crippen LogP contribution in [0.5, 0.6) is 0 Å². The number of nitrogens with zero attached hydrogens (tertiary/aromatic N) is 2. The number of nitrogens with one attached hydrogen (secondary N) is 1. The fourth-order valence-corrected chi connectivity index (χ4v) is 2.71. The van der Waals surface area contributed by atoms with Gasteiger partial charge in [0, 0.05) is 0 Å². The van der Waals surface area contributed by atoms with Crippen molar-refractivity contribution in [3.05, 3.63) is 53.8 Å². The number of carbonyl (C=O) groups is 1. The van der Waals surface area contributed by atoms with Crippen molar-refractivity contribution in [2.45, 2.75) is 12.6 Å². The lowest BCUT2D eigenvalue weighted by molar-refractivity contribution is -0.137. The number of benzene rings is 1. The SMILES string of the molecule is O=C(Cc1cccc(C(F)(F)F)c1)Nc1nnc(-c2ccco2)s1. The summed E-state index contributed by atoms with van der Waals surface area (Å²) < 4.78 is 43.2. The molecule has 0 radical (unpaired) electrons. The summed E-state index contributed by atoms with van der Waals surface area (Å²) in [5, 5.41) is 10.9. The molecule has 0 fully saturated rings. The highest BCUT2D eigenvalue weighted by Gasteiger charge is 2.30. The number of rotatable bonds is 4. The standard InChI is InChI=1S/C15H10F3N3O2S/c16-15(17,18)10-4-1-3-9(7-10)8-12(22)19-14-21-20-13(24-14)11-5-2-6-23-11/h1-7H,8H2,(H,19,21,22). The van der Waals surface area contributed by atoms with Crippen molar-refractivity contribution >= 4 is 22.4 Å². The molecule has 1 aromatic carbocycles. The molecule has 0 bridgehead atoms. The van der Waals surface area contributed by atoms with Crippen molar-refractivity contribution in [1.82, 2.24) is 10.2 Å². The Balaban J connectivity index is 1.66. The van der Waals surface area contributed by atoms with Crippen LogP contribution in [0.25, 0.3) is 10.8 Å². The highest BCUT2D eigenvalue weighted by molar-refractivity contribution is 7.18. The number of anilines is 1. The fourth-order valence-electron chi connectivity index (χ4n) is 1.98. The molecule has 0 unspecified atom stereocenters. The van der Waals surface area contributed by atoms with E-state index in [1.165, 1.54) is 18.4 Å². The Kier molecular flexibility index (Phi) is 4.34. The van der Waals surface area contributed by atoms with Gasteiger partial charge in [-0.15, -0.1) is 10.2 Å². The number of hydrogen-bond acceptors (Lipinski definition) is 5. The normalized spacial score (nSPS) is 11.5. The van der Waals surface area contributed by atoms with Gasteiger partial charge in [-0.1, -0.05) is 29.5 Å². The van der Waals surface area contributed by atoms with Crippen LogP contribution in [0.1, 0.15) is 11.1 Å². The van der Waals surface area contributed by atoms with Crippen molar-refractivity contribution < 1.29 is 22.4 Å². The van der Waals surface area contributed by atoms with Crippen molar-refractivity contribution in [3.63, 3.8) is 0 Å². The van der Waals surface area contributed by atoms with Crippen LogP contribution in [0.2, 0.25) is 0 Å². The third-order valence-corrected chi connectivity index (χ3v) is 3.88. The number of aromatic nitrogens is 2. The zero-order chi connectivity index (χ0) is 17.2. The van der Waals surface area contributed by atoms with Crippen LogP contribution in [-0.2, 0) is 17.4 Å². The average molecular weight is 353 g/mol. The van der Waals surface area contributed by atoms with Crippen LogP contribution in [0.15, 0.2) is 47.1 Å². The van der Waals surface area contributed by atoms with Gasteiger partial charge in [0.1, 0.15) is 0 Å². The topological polar surface area (TPSA) is 68.0 Å². The molecule has 0 atom stereocenters. The second kappa shape index (κ2) is 6.44. The van der Waals surface area contributed by atoms with Gasteiger partial charge in [0.25, 0.3) is 0 Å². The summed E-state index contributed by atoms with van der Waals surface area (Å²) in [6.45, 7) is 0. The van der Waals surface area contributed by atoms with Gasteiger partial charge in [0.05, 0.1) is 18.2 Å². The lowest BCUT2D eigenvalue weighted by Gasteiger charge is -2.08. The summed E-state index contributed by atoms with van der Waals surface area (Å²) in [5.41, 5.74) is -0.526. The Morgan fingerprint density at radius 1 is 1.21 bits per heavy atom. The van der Waals surface area contributed by atoms with Crippen LogP contribution in [0.3, 0.4) is 0 Å². The van der Waals surface area contributed by atoms with Gasteiger partial charge in [0.2, 0.25) is 11.0 Å². The van der Waals surface area contributed by atoms with Gasteiger partial charge < -0.3 is 9.73 Å². The zero-order valence-corrected chi connectivity index (χ0v) is 12.8. The van der Waals surface area contributed by atoms with E-state index in [9.17, 15) is 18.0 Å². The van der Waals surface area contributed by atoms with Crippen molar-refractivity contribution in [1.29, 1.82) is 0 Å². The lowest BCUT2D eigenvalue weighted by Crippen LogP contribution is -2.15. The number of halogens is 3. The maximum absolute atomic E-state index is 12.7. The maximum atomic E-state index is 12.7. The maximum Gasteiger partial charge on any atom is 0.416 e. The lowest BCUT2D eigenvalue weighted by atomic mass is 10.1. The summed E-state index contributed by atoms with van der Waals surface area (Å²) in [6.07, 6.45) is -3.15. The first-order valence-electron chi connectivity index (χ1n) is 6.75. The minimum atomic E-state index is -4.44. The molecule has 0 aliphatic rings. The molecular formula is C15H10F3N3O2S. The molecule has 5 nitrogen and oxygen atoms in total. The number of amides is 1. The number of carbonyl (C=O) groups excluding carboxylic acids is 1. The van der Waals surface area contributed by atoms with E-state index in [-0.39, 0.29) is 17.1 Å². The fraction of sp³-hybridized carbons (Fsp3) is 0.133. The van der Waals surface area contributed by atoms with Gasteiger partial charge in [0.15, 0.2) is 10.8 Å². The molecule has 2 heterocycles. The molecule has 0 aliphatic carbocycles. The van der Waals surface area contributed by atoms with Crippen molar-refractivity contribution in [3.8, 4) is 10.8 Å². The summed E-state index contributed by atoms with van der Waals surface area (Å²) in [6, 6.07) is 8.04. The Hall–Kier alpha value is -2.68. The monoisotopic (exact) mass is 353 g/mol. The zero-order valence-electron chi connectivity index (χ0n) is 12.0. The van der Waals surface area contributed by atoms with E-state index in [4.69, 9.17) is 4.42 Å². The third-order valence-electron chi connectivity index (χ3n) is 3.02. The van der Waals surface area contributed by atoms with Crippen LogP contribution in [0.4, 0.5) is 18.3 Å². The molecule has 0 spiro atoms. The van der Waals surface area contributed by atoms with Gasteiger partial charge in [-0.25, -0.2) is 0 Å². The Morgan fingerprint density at radius 2 is 2.04 bits per heavy atom. The summed E-state index contributed by atoms with van der Waals surface area (Å²) in [5.74, 6) is 0.0438. The van der Waals surface area contributed by atoms with Crippen LogP contribution in [0, 0.1) is 0 Å². The molecule has 0 saturated heterocycles. The molecule has 24 heavy (non-hydrogen) atoms. The average Bonchev–Trinajstić information content (AvgIpc) is 3.17. The number of alkyl halides is 3. The van der Waals surface area contributed by atoms with Crippen LogP contribution >= 0.6 is 11.3 Å². The number of hydrogen-bond donors (Lipinski definition) is 1. The summed E-state index contributed by atoms with van der Waals surface area (Å²) >= 11 is 1.11. The van der Waals surface area contributed by atoms with Gasteiger partial charge >= 0.3 is 6.18 Å². The van der Waals surface area contributed by atoms with Crippen molar-refractivity contribution in [2.24, 2.45) is 0 Å². The molecule has 3 rings (SSSR count). The second-order valence-corrected chi connectivity index (χ2v) is 5.79. The Bertz CT molecular complexity index is 844. The van der Waals surface area contributed by atoms with E-state index >= 15 is 0 Å². The van der Waals surface area contributed by atoms with Gasteiger partial charge in [-0.05, 0) is 23.8 Å². The van der Waals surface area contributed by atoms with Gasteiger partial charge in [-0.2, -0.15) is 13.2 Å². The Labute approximate surface area is 138 Å².